The minimum atomic E-state index is -0.598. The summed E-state index contributed by atoms with van der Waals surface area (Å²) in [6, 6.07) is 13.5. The molecule has 0 radical (unpaired) electrons. The lowest BCUT2D eigenvalue weighted by molar-refractivity contribution is -0.112. The number of rotatable bonds is 4. The fourth-order valence-corrected chi connectivity index (χ4v) is 1.92. The smallest absolute Gasteiger partial charge is 0.266 e. The maximum absolute atomic E-state index is 12.8. The van der Waals surface area contributed by atoms with Crippen molar-refractivity contribution in [3.05, 3.63) is 71.0 Å². The molecular weight excluding hydrogens is 309 g/mol. The summed E-state index contributed by atoms with van der Waals surface area (Å²) in [5, 5.41) is 14.2. The van der Waals surface area contributed by atoms with E-state index in [0.29, 0.717) is 16.8 Å². The number of hydrogen-bond acceptors (Lipinski definition) is 3. The predicted molar refractivity (Wildman–Crippen MR) is 88.5 cm³/mol. The Hall–Kier alpha value is -3.46. The third kappa shape index (κ3) is 4.27. The largest absolute Gasteiger partial charge is 0.355 e. The summed E-state index contributed by atoms with van der Waals surface area (Å²) >= 11 is 0. The molecule has 0 aliphatic carbocycles. The van der Waals surface area contributed by atoms with E-state index in [2.05, 4.69) is 10.6 Å². The van der Waals surface area contributed by atoms with Crippen LogP contribution in [0, 0.1) is 17.1 Å². The Morgan fingerprint density at radius 2 is 1.71 bits per heavy atom. The molecular formula is C18H14FN3O2. The molecule has 2 N–H and O–H groups in total. The van der Waals surface area contributed by atoms with Gasteiger partial charge in [0.15, 0.2) is 0 Å². The SMILES string of the molecule is CNC(=O)c1ccc(C=C(C#N)C(=O)Nc2ccc(F)cc2)cc1. The average molecular weight is 323 g/mol. The van der Waals surface area contributed by atoms with Crippen molar-refractivity contribution < 1.29 is 14.0 Å². The summed E-state index contributed by atoms with van der Waals surface area (Å²) in [6.45, 7) is 0. The number of carbonyl (C=O) groups excluding carboxylic acids is 2. The van der Waals surface area contributed by atoms with Crippen molar-refractivity contribution in [2.24, 2.45) is 0 Å². The number of nitrogens with zero attached hydrogens (tertiary/aromatic N) is 1. The van der Waals surface area contributed by atoms with Gasteiger partial charge in [-0.1, -0.05) is 12.1 Å². The van der Waals surface area contributed by atoms with Gasteiger partial charge in [0.2, 0.25) is 0 Å². The van der Waals surface area contributed by atoms with E-state index in [0.717, 1.165) is 0 Å². The van der Waals surface area contributed by atoms with Gasteiger partial charge in [-0.25, -0.2) is 4.39 Å². The highest BCUT2D eigenvalue weighted by Crippen LogP contribution is 2.13. The Morgan fingerprint density at radius 3 is 2.25 bits per heavy atom. The standard InChI is InChI=1S/C18H14FN3O2/c1-21-17(23)13-4-2-12(3-5-13)10-14(11-20)18(24)22-16-8-6-15(19)7-9-16/h2-10H,1H3,(H,21,23)(H,22,24). The van der Waals surface area contributed by atoms with Crippen LogP contribution in [-0.4, -0.2) is 18.9 Å². The number of halogens is 1. The van der Waals surface area contributed by atoms with Crippen LogP contribution in [-0.2, 0) is 4.79 Å². The van der Waals surface area contributed by atoms with Crippen molar-refractivity contribution in [3.8, 4) is 6.07 Å². The summed E-state index contributed by atoms with van der Waals surface area (Å²) in [6.07, 6.45) is 1.41. The van der Waals surface area contributed by atoms with E-state index in [-0.39, 0.29) is 11.5 Å². The first-order valence-corrected chi connectivity index (χ1v) is 7.04. The molecule has 2 rings (SSSR count). The molecule has 0 aromatic heterocycles. The van der Waals surface area contributed by atoms with Crippen LogP contribution in [0.3, 0.4) is 0 Å². The van der Waals surface area contributed by atoms with Crippen molar-refractivity contribution in [2.45, 2.75) is 0 Å². The lowest BCUT2D eigenvalue weighted by atomic mass is 10.1. The van der Waals surface area contributed by atoms with E-state index in [9.17, 15) is 14.0 Å². The number of amides is 2. The van der Waals surface area contributed by atoms with Gasteiger partial charge in [0.1, 0.15) is 17.5 Å². The molecule has 0 bridgehead atoms. The molecule has 2 amide bonds. The number of carbonyl (C=O) groups is 2. The van der Waals surface area contributed by atoms with Crippen LogP contribution in [0.25, 0.3) is 6.08 Å². The third-order valence-corrected chi connectivity index (χ3v) is 3.18. The maximum Gasteiger partial charge on any atom is 0.266 e. The fourth-order valence-electron chi connectivity index (χ4n) is 1.92. The highest BCUT2D eigenvalue weighted by Gasteiger charge is 2.10. The van der Waals surface area contributed by atoms with Crippen molar-refractivity contribution in [1.82, 2.24) is 5.32 Å². The number of hydrogen-bond donors (Lipinski definition) is 2. The van der Waals surface area contributed by atoms with E-state index in [1.807, 2.05) is 6.07 Å². The summed E-state index contributed by atoms with van der Waals surface area (Å²) in [7, 11) is 1.53. The van der Waals surface area contributed by atoms with Crippen molar-refractivity contribution in [3.63, 3.8) is 0 Å². The first-order chi connectivity index (χ1) is 11.5. The van der Waals surface area contributed by atoms with Crippen LogP contribution < -0.4 is 10.6 Å². The minimum Gasteiger partial charge on any atom is -0.355 e. The monoisotopic (exact) mass is 323 g/mol. The van der Waals surface area contributed by atoms with Crippen LogP contribution in [0.2, 0.25) is 0 Å². The number of nitriles is 1. The molecule has 120 valence electrons. The van der Waals surface area contributed by atoms with Gasteiger partial charge in [0.25, 0.3) is 11.8 Å². The zero-order valence-corrected chi connectivity index (χ0v) is 12.8. The summed E-state index contributed by atoms with van der Waals surface area (Å²) in [5.74, 6) is -1.24. The molecule has 5 nitrogen and oxygen atoms in total. The average Bonchev–Trinajstić information content (AvgIpc) is 2.61. The van der Waals surface area contributed by atoms with E-state index in [4.69, 9.17) is 5.26 Å². The molecule has 2 aromatic carbocycles. The van der Waals surface area contributed by atoms with Gasteiger partial charge < -0.3 is 10.6 Å². The second-order valence-corrected chi connectivity index (χ2v) is 4.83. The summed E-state index contributed by atoms with van der Waals surface area (Å²) in [4.78, 5) is 23.6. The second-order valence-electron chi connectivity index (χ2n) is 4.83. The molecule has 0 saturated heterocycles. The van der Waals surface area contributed by atoms with Crippen molar-refractivity contribution in [2.75, 3.05) is 12.4 Å². The van der Waals surface area contributed by atoms with Gasteiger partial charge in [-0.05, 0) is 48.0 Å². The Kier molecular flexibility index (Phi) is 5.42. The minimum absolute atomic E-state index is 0.105. The normalized spacial score (nSPS) is 10.6. The quantitative estimate of drug-likeness (QED) is 0.670. The second kappa shape index (κ2) is 7.70. The Morgan fingerprint density at radius 1 is 1.08 bits per heavy atom. The maximum atomic E-state index is 12.8. The van der Waals surface area contributed by atoms with Gasteiger partial charge in [-0.3, -0.25) is 9.59 Å². The van der Waals surface area contributed by atoms with Crippen LogP contribution in [0.15, 0.2) is 54.1 Å². The highest BCUT2D eigenvalue weighted by atomic mass is 19.1. The highest BCUT2D eigenvalue weighted by molar-refractivity contribution is 6.09. The third-order valence-electron chi connectivity index (χ3n) is 3.18. The lowest BCUT2D eigenvalue weighted by Gasteiger charge is -2.04. The molecule has 0 saturated carbocycles. The van der Waals surface area contributed by atoms with Crippen molar-refractivity contribution in [1.29, 1.82) is 5.26 Å². The zero-order valence-electron chi connectivity index (χ0n) is 12.8. The number of nitrogens with one attached hydrogen (secondary N) is 2. The van der Waals surface area contributed by atoms with Gasteiger partial charge in [0, 0.05) is 18.3 Å². The molecule has 2 aromatic rings. The first kappa shape index (κ1) is 16.9. The van der Waals surface area contributed by atoms with E-state index < -0.39 is 11.7 Å². The summed E-state index contributed by atoms with van der Waals surface area (Å²) < 4.78 is 12.8. The van der Waals surface area contributed by atoms with Crippen LogP contribution in [0.4, 0.5) is 10.1 Å². The van der Waals surface area contributed by atoms with E-state index >= 15 is 0 Å². The lowest BCUT2D eigenvalue weighted by Crippen LogP contribution is -2.17. The van der Waals surface area contributed by atoms with Gasteiger partial charge in [-0.15, -0.1) is 0 Å². The molecule has 0 heterocycles. The molecule has 0 aliphatic rings. The topological polar surface area (TPSA) is 82.0 Å². The molecule has 0 unspecified atom stereocenters. The molecule has 24 heavy (non-hydrogen) atoms. The van der Waals surface area contributed by atoms with Crippen LogP contribution >= 0.6 is 0 Å². The predicted octanol–water partition coefficient (Wildman–Crippen LogP) is 2.73. The molecule has 0 spiro atoms. The number of benzene rings is 2. The summed E-state index contributed by atoms with van der Waals surface area (Å²) in [5.41, 5.74) is 1.36. The zero-order chi connectivity index (χ0) is 17.5. The van der Waals surface area contributed by atoms with Gasteiger partial charge in [0.05, 0.1) is 0 Å². The Bertz CT molecular complexity index is 819. The molecule has 0 atom stereocenters. The van der Waals surface area contributed by atoms with Crippen LogP contribution in [0.5, 0.6) is 0 Å². The van der Waals surface area contributed by atoms with Crippen molar-refractivity contribution >= 4 is 23.6 Å². The van der Waals surface area contributed by atoms with Gasteiger partial charge in [-0.2, -0.15) is 5.26 Å². The van der Waals surface area contributed by atoms with E-state index in [1.165, 1.54) is 37.4 Å². The van der Waals surface area contributed by atoms with E-state index in [1.54, 1.807) is 24.3 Å². The Balaban J connectivity index is 2.16. The molecule has 0 fully saturated rings. The fraction of sp³-hybridized carbons (Fsp3) is 0.0556. The van der Waals surface area contributed by atoms with Crippen LogP contribution in [0.1, 0.15) is 15.9 Å². The number of anilines is 1. The first-order valence-electron chi connectivity index (χ1n) is 7.04. The van der Waals surface area contributed by atoms with Gasteiger partial charge >= 0.3 is 0 Å². The Labute approximate surface area is 138 Å². The molecule has 6 heteroatoms. The molecule has 0 aliphatic heterocycles.